The molecule has 2 rings (SSSR count). The summed E-state index contributed by atoms with van der Waals surface area (Å²) in [6.07, 6.45) is 4.98. The maximum absolute atomic E-state index is 12.1. The van der Waals surface area contributed by atoms with Gasteiger partial charge in [0.15, 0.2) is 0 Å². The van der Waals surface area contributed by atoms with Crippen LogP contribution in [-0.4, -0.2) is 12.5 Å². The van der Waals surface area contributed by atoms with Gasteiger partial charge in [-0.2, -0.15) is 0 Å². The minimum atomic E-state index is -0.0788. The molecule has 1 aromatic carbocycles. The van der Waals surface area contributed by atoms with Crippen molar-refractivity contribution >= 4 is 33.4 Å². The normalized spacial score (nSPS) is 23.1. The van der Waals surface area contributed by atoms with Crippen molar-refractivity contribution in [2.45, 2.75) is 32.6 Å². The lowest BCUT2D eigenvalue weighted by molar-refractivity contribution is 0.0942. The first-order valence-electron chi connectivity index (χ1n) is 6.79. The maximum Gasteiger partial charge on any atom is 0.252 e. The molecule has 0 spiro atoms. The first-order valence-corrected chi connectivity index (χ1v) is 7.96. The van der Waals surface area contributed by atoms with Gasteiger partial charge in [0.1, 0.15) is 0 Å². The average Bonchev–Trinajstić information content (AvgIpc) is 2.40. The van der Waals surface area contributed by atoms with E-state index in [-0.39, 0.29) is 5.91 Å². The van der Waals surface area contributed by atoms with Crippen molar-refractivity contribution in [3.63, 3.8) is 0 Å². The Kier molecular flexibility index (Phi) is 5.28. The Hall–Kier alpha value is -0.540. The van der Waals surface area contributed by atoms with Gasteiger partial charge in [0.25, 0.3) is 5.91 Å². The van der Waals surface area contributed by atoms with Crippen molar-refractivity contribution in [3.8, 4) is 0 Å². The predicted octanol–water partition coefficient (Wildman–Crippen LogP) is 4.66. The number of halogens is 2. The van der Waals surface area contributed by atoms with E-state index in [0.29, 0.717) is 16.5 Å². The molecule has 4 heteroatoms. The fourth-order valence-electron chi connectivity index (χ4n) is 2.54. The predicted molar refractivity (Wildman–Crippen MR) is 82.6 cm³/mol. The average molecular weight is 345 g/mol. The number of rotatable bonds is 3. The third-order valence-electron chi connectivity index (χ3n) is 3.86. The molecule has 0 aromatic heterocycles. The van der Waals surface area contributed by atoms with Gasteiger partial charge in [0, 0.05) is 11.0 Å². The number of hydrogen-bond donors (Lipinski definition) is 1. The molecule has 0 unspecified atom stereocenters. The lowest BCUT2D eigenvalue weighted by atomic mass is 9.83. The van der Waals surface area contributed by atoms with Crippen LogP contribution < -0.4 is 5.32 Å². The zero-order valence-electron chi connectivity index (χ0n) is 11.1. The third kappa shape index (κ3) is 4.22. The second-order valence-corrected chi connectivity index (χ2v) is 6.78. The van der Waals surface area contributed by atoms with E-state index in [1.165, 1.54) is 25.7 Å². The van der Waals surface area contributed by atoms with Crippen LogP contribution >= 0.6 is 27.5 Å². The molecule has 1 fully saturated rings. The number of amides is 1. The summed E-state index contributed by atoms with van der Waals surface area (Å²) < 4.78 is 0.869. The molecule has 0 aliphatic heterocycles. The van der Waals surface area contributed by atoms with Gasteiger partial charge in [-0.3, -0.25) is 4.79 Å². The largest absolute Gasteiger partial charge is 0.352 e. The molecule has 0 radical (unpaired) electrons. The van der Waals surface area contributed by atoms with E-state index >= 15 is 0 Å². The zero-order chi connectivity index (χ0) is 13.8. The van der Waals surface area contributed by atoms with Crippen molar-refractivity contribution in [1.82, 2.24) is 5.32 Å². The smallest absolute Gasteiger partial charge is 0.252 e. The van der Waals surface area contributed by atoms with Gasteiger partial charge >= 0.3 is 0 Å². The van der Waals surface area contributed by atoms with Crippen molar-refractivity contribution in [1.29, 1.82) is 0 Å². The number of carbonyl (C=O) groups is 1. The van der Waals surface area contributed by atoms with E-state index in [4.69, 9.17) is 11.6 Å². The van der Waals surface area contributed by atoms with Crippen LogP contribution in [0.1, 0.15) is 43.0 Å². The summed E-state index contributed by atoms with van der Waals surface area (Å²) in [5.74, 6) is 1.38. The van der Waals surface area contributed by atoms with Crippen molar-refractivity contribution in [2.75, 3.05) is 6.54 Å². The van der Waals surface area contributed by atoms with E-state index in [0.717, 1.165) is 16.9 Å². The summed E-state index contributed by atoms with van der Waals surface area (Å²) in [6.45, 7) is 3.06. The van der Waals surface area contributed by atoms with Crippen molar-refractivity contribution in [3.05, 3.63) is 33.3 Å². The highest BCUT2D eigenvalue weighted by molar-refractivity contribution is 9.10. The lowest BCUT2D eigenvalue weighted by Gasteiger charge is -2.26. The van der Waals surface area contributed by atoms with Crippen LogP contribution in [0, 0.1) is 11.8 Å². The zero-order valence-corrected chi connectivity index (χ0v) is 13.4. The maximum atomic E-state index is 12.1. The summed E-state index contributed by atoms with van der Waals surface area (Å²) in [5, 5.41) is 3.51. The van der Waals surface area contributed by atoms with Gasteiger partial charge in [0.05, 0.1) is 10.6 Å². The standard InChI is InChI=1S/C15H19BrClNO/c1-10-2-4-11(5-3-10)9-18-15(19)13-8-12(16)6-7-14(13)17/h6-8,10-11H,2-5,9H2,1H3,(H,18,19). The second-order valence-electron chi connectivity index (χ2n) is 5.46. The number of benzene rings is 1. The van der Waals surface area contributed by atoms with Gasteiger partial charge in [-0.05, 0) is 42.9 Å². The summed E-state index contributed by atoms with van der Waals surface area (Å²) in [4.78, 5) is 12.1. The first kappa shape index (κ1) is 14.9. The van der Waals surface area contributed by atoms with E-state index in [1.54, 1.807) is 12.1 Å². The monoisotopic (exact) mass is 343 g/mol. The Morgan fingerprint density at radius 1 is 1.37 bits per heavy atom. The summed E-state index contributed by atoms with van der Waals surface area (Å²) in [6, 6.07) is 5.34. The highest BCUT2D eigenvalue weighted by Crippen LogP contribution is 2.28. The third-order valence-corrected chi connectivity index (χ3v) is 4.68. The Morgan fingerprint density at radius 2 is 2.05 bits per heavy atom. The van der Waals surface area contributed by atoms with Crippen molar-refractivity contribution < 1.29 is 4.79 Å². The van der Waals surface area contributed by atoms with Crippen LogP contribution in [0.3, 0.4) is 0 Å². The molecule has 1 saturated carbocycles. The van der Waals surface area contributed by atoms with E-state index < -0.39 is 0 Å². The molecular formula is C15H19BrClNO. The fraction of sp³-hybridized carbons (Fsp3) is 0.533. The van der Waals surface area contributed by atoms with Crippen LogP contribution in [-0.2, 0) is 0 Å². The minimum absolute atomic E-state index is 0.0788. The summed E-state index contributed by atoms with van der Waals surface area (Å²) >= 11 is 9.41. The lowest BCUT2D eigenvalue weighted by Crippen LogP contribution is -2.31. The Balaban J connectivity index is 1.89. The Bertz CT molecular complexity index is 455. The molecular weight excluding hydrogens is 326 g/mol. The van der Waals surface area contributed by atoms with Crippen LogP contribution in [0.25, 0.3) is 0 Å². The van der Waals surface area contributed by atoms with Gasteiger partial charge < -0.3 is 5.32 Å². The molecule has 1 N–H and O–H groups in total. The topological polar surface area (TPSA) is 29.1 Å². The Labute approximate surface area is 128 Å². The van der Waals surface area contributed by atoms with Gasteiger partial charge in [-0.15, -0.1) is 0 Å². The highest BCUT2D eigenvalue weighted by Gasteiger charge is 2.19. The molecule has 1 aliphatic rings. The molecule has 1 amide bonds. The molecule has 1 aromatic rings. The van der Waals surface area contributed by atoms with E-state index in [2.05, 4.69) is 28.2 Å². The second kappa shape index (κ2) is 6.76. The van der Waals surface area contributed by atoms with E-state index in [9.17, 15) is 4.79 Å². The number of hydrogen-bond acceptors (Lipinski definition) is 1. The van der Waals surface area contributed by atoms with Crippen LogP contribution in [0.4, 0.5) is 0 Å². The van der Waals surface area contributed by atoms with Crippen LogP contribution in [0.5, 0.6) is 0 Å². The van der Waals surface area contributed by atoms with Gasteiger partial charge in [0.2, 0.25) is 0 Å². The van der Waals surface area contributed by atoms with Crippen molar-refractivity contribution in [2.24, 2.45) is 11.8 Å². The quantitative estimate of drug-likeness (QED) is 0.849. The SMILES string of the molecule is CC1CCC(CNC(=O)c2cc(Br)ccc2Cl)CC1. The molecule has 2 nitrogen and oxygen atoms in total. The molecule has 0 atom stereocenters. The van der Waals surface area contributed by atoms with Crippen LogP contribution in [0.15, 0.2) is 22.7 Å². The molecule has 0 heterocycles. The molecule has 19 heavy (non-hydrogen) atoms. The molecule has 0 bridgehead atoms. The minimum Gasteiger partial charge on any atom is -0.352 e. The number of carbonyl (C=O) groups excluding carboxylic acids is 1. The summed E-state index contributed by atoms with van der Waals surface area (Å²) in [7, 11) is 0. The first-order chi connectivity index (χ1) is 9.06. The highest BCUT2D eigenvalue weighted by atomic mass is 79.9. The molecule has 104 valence electrons. The fourth-order valence-corrected chi connectivity index (χ4v) is 3.10. The Morgan fingerprint density at radius 3 is 2.74 bits per heavy atom. The molecule has 1 aliphatic carbocycles. The molecule has 0 saturated heterocycles. The van der Waals surface area contributed by atoms with E-state index in [1.807, 2.05) is 6.07 Å². The number of nitrogens with one attached hydrogen (secondary N) is 1. The van der Waals surface area contributed by atoms with Gasteiger partial charge in [-0.25, -0.2) is 0 Å². The van der Waals surface area contributed by atoms with Crippen LogP contribution in [0.2, 0.25) is 5.02 Å². The summed E-state index contributed by atoms with van der Waals surface area (Å²) in [5.41, 5.74) is 0.542. The van der Waals surface area contributed by atoms with Gasteiger partial charge in [-0.1, -0.05) is 47.3 Å².